The number of nitrogens with zero attached hydrogens (tertiary/aromatic N) is 3. The van der Waals surface area contributed by atoms with Crippen molar-refractivity contribution in [1.82, 2.24) is 10.3 Å². The molecule has 0 spiro atoms. The summed E-state index contributed by atoms with van der Waals surface area (Å²) in [4.78, 5) is 15.4. The Morgan fingerprint density at radius 1 is 0.531 bits per heavy atom. The zero-order valence-corrected chi connectivity index (χ0v) is 26.3. The average Bonchev–Trinajstić information content (AvgIpc) is 3.56. The molecule has 5 nitrogen and oxygen atoms in total. The third-order valence-corrected chi connectivity index (χ3v) is 9.54. The molecule has 49 heavy (non-hydrogen) atoms. The number of aliphatic imine (C=N–C) groups is 2. The van der Waals surface area contributed by atoms with E-state index in [-0.39, 0.29) is 6.17 Å². The van der Waals surface area contributed by atoms with Crippen LogP contribution in [0, 0.1) is 0 Å². The highest BCUT2D eigenvalue weighted by Gasteiger charge is 2.24. The van der Waals surface area contributed by atoms with E-state index in [2.05, 4.69) is 127 Å². The smallest absolute Gasteiger partial charge is 0.160 e. The first-order chi connectivity index (χ1) is 24.3. The molecule has 0 saturated carbocycles. The Kier molecular flexibility index (Phi) is 6.18. The maximum Gasteiger partial charge on any atom is 0.160 e. The number of hydrogen-bond acceptors (Lipinski definition) is 5. The van der Waals surface area contributed by atoms with Gasteiger partial charge in [0.2, 0.25) is 0 Å². The molecule has 230 valence electrons. The summed E-state index contributed by atoms with van der Waals surface area (Å²) in [7, 11) is 0. The van der Waals surface area contributed by atoms with E-state index >= 15 is 0 Å². The maximum atomic E-state index is 6.54. The number of fused-ring (bicyclic) bond motifs is 7. The molecule has 9 aromatic rings. The van der Waals surface area contributed by atoms with Crippen molar-refractivity contribution in [2.75, 3.05) is 0 Å². The Labute approximate surface area is 281 Å². The van der Waals surface area contributed by atoms with E-state index in [1.54, 1.807) is 0 Å². The summed E-state index contributed by atoms with van der Waals surface area (Å²) in [5.74, 6) is 1.41. The van der Waals surface area contributed by atoms with E-state index < -0.39 is 0 Å². The van der Waals surface area contributed by atoms with Gasteiger partial charge in [-0.25, -0.2) is 9.98 Å². The van der Waals surface area contributed by atoms with Gasteiger partial charge in [-0.2, -0.15) is 0 Å². The average molecular weight is 629 g/mol. The Morgan fingerprint density at radius 2 is 1.29 bits per heavy atom. The lowest BCUT2D eigenvalue weighted by Crippen LogP contribution is -2.33. The van der Waals surface area contributed by atoms with Gasteiger partial charge in [-0.15, -0.1) is 0 Å². The van der Waals surface area contributed by atoms with E-state index in [0.717, 1.165) is 61.1 Å². The van der Waals surface area contributed by atoms with Gasteiger partial charge in [0, 0.05) is 22.9 Å². The molecule has 0 aliphatic carbocycles. The normalized spacial score (nSPS) is 14.7. The van der Waals surface area contributed by atoms with Crippen LogP contribution in [-0.4, -0.2) is 16.7 Å². The molecule has 3 heterocycles. The first kappa shape index (κ1) is 27.5. The molecule has 2 aromatic heterocycles. The molecule has 0 saturated heterocycles. The minimum Gasteiger partial charge on any atom is -0.454 e. The Morgan fingerprint density at radius 3 is 2.16 bits per heavy atom. The van der Waals surface area contributed by atoms with E-state index in [0.29, 0.717) is 5.84 Å². The van der Waals surface area contributed by atoms with Crippen molar-refractivity contribution in [3.05, 3.63) is 175 Å². The predicted octanol–water partition coefficient (Wildman–Crippen LogP) is 10.6. The van der Waals surface area contributed by atoms with Crippen molar-refractivity contribution in [2.24, 2.45) is 9.98 Å². The fourth-order valence-corrected chi connectivity index (χ4v) is 7.17. The minimum absolute atomic E-state index is 0.315. The van der Waals surface area contributed by atoms with Crippen LogP contribution in [0.15, 0.2) is 172 Å². The number of nitrogens with one attached hydrogen (secondary N) is 1. The van der Waals surface area contributed by atoms with Gasteiger partial charge in [0.05, 0.1) is 5.39 Å². The monoisotopic (exact) mass is 628 g/mol. The van der Waals surface area contributed by atoms with Gasteiger partial charge in [-0.1, -0.05) is 127 Å². The molecule has 7 aromatic carbocycles. The molecule has 0 fully saturated rings. The zero-order valence-electron chi connectivity index (χ0n) is 26.3. The van der Waals surface area contributed by atoms with Gasteiger partial charge in [-0.3, -0.25) is 4.98 Å². The summed E-state index contributed by atoms with van der Waals surface area (Å²) in [6.07, 6.45) is 1.65. The number of pyridine rings is 1. The molecule has 0 radical (unpaired) electrons. The van der Waals surface area contributed by atoms with Gasteiger partial charge < -0.3 is 9.73 Å². The number of amidine groups is 2. The van der Waals surface area contributed by atoms with Crippen molar-refractivity contribution >= 4 is 66.1 Å². The zero-order chi connectivity index (χ0) is 32.3. The summed E-state index contributed by atoms with van der Waals surface area (Å²) in [5, 5.41) is 11.7. The largest absolute Gasteiger partial charge is 0.454 e. The molecule has 0 bridgehead atoms. The van der Waals surface area contributed by atoms with Gasteiger partial charge in [-0.05, 0) is 67.7 Å². The molecule has 5 heteroatoms. The van der Waals surface area contributed by atoms with Crippen LogP contribution in [0.4, 0.5) is 0 Å². The third kappa shape index (κ3) is 4.59. The lowest BCUT2D eigenvalue weighted by atomic mass is 9.94. The lowest BCUT2D eigenvalue weighted by Gasteiger charge is -2.24. The van der Waals surface area contributed by atoms with E-state index in [4.69, 9.17) is 19.4 Å². The van der Waals surface area contributed by atoms with Crippen LogP contribution in [0.25, 0.3) is 65.5 Å². The summed E-state index contributed by atoms with van der Waals surface area (Å²) in [5.41, 5.74) is 7.35. The molecule has 1 aliphatic rings. The maximum absolute atomic E-state index is 6.54. The Balaban J connectivity index is 1.14. The van der Waals surface area contributed by atoms with Crippen LogP contribution in [0.3, 0.4) is 0 Å². The van der Waals surface area contributed by atoms with Gasteiger partial charge in [0.15, 0.2) is 11.4 Å². The second-order valence-electron chi connectivity index (χ2n) is 12.5. The molecule has 1 atom stereocenters. The molecule has 1 aliphatic heterocycles. The van der Waals surface area contributed by atoms with Gasteiger partial charge >= 0.3 is 0 Å². The number of hydrogen-bond donors (Lipinski definition) is 1. The molecule has 1 N–H and O–H groups in total. The molecule has 1 unspecified atom stereocenters. The predicted molar refractivity (Wildman–Crippen MR) is 201 cm³/mol. The standard InChI is InChI=1S/C44H28N4O/c1-2-12-28(13-3-1)42-46-43(31-22-21-27-11-4-5-14-29(27)23-31)48-44(47-42)36-19-10-20-38-40(36)41-39(49-38)25-32(26-45-41)37-24-30-15-6-7-16-33(30)34-17-8-9-18-35(34)37/h1-26,42H,(H,46,47,48). The minimum atomic E-state index is -0.315. The summed E-state index contributed by atoms with van der Waals surface area (Å²) in [6.45, 7) is 0. The van der Waals surface area contributed by atoms with Crippen LogP contribution >= 0.6 is 0 Å². The van der Waals surface area contributed by atoms with Crippen LogP contribution < -0.4 is 5.32 Å². The summed E-state index contributed by atoms with van der Waals surface area (Å²) in [6, 6.07) is 52.6. The number of furan rings is 1. The van der Waals surface area contributed by atoms with Crippen molar-refractivity contribution in [1.29, 1.82) is 0 Å². The summed E-state index contributed by atoms with van der Waals surface area (Å²) >= 11 is 0. The SMILES string of the molecule is c1ccc(C2N=C(c3cccc4oc5cc(-c6cc7ccccc7c7ccccc67)cnc5c34)N=C(c3ccc4ccccc4c3)N2)cc1. The second-order valence-corrected chi connectivity index (χ2v) is 12.5. The highest BCUT2D eigenvalue weighted by atomic mass is 16.3. The Hall–Kier alpha value is -6.59. The van der Waals surface area contributed by atoms with Crippen molar-refractivity contribution in [3.63, 3.8) is 0 Å². The molecule has 0 amide bonds. The van der Waals surface area contributed by atoms with Crippen LogP contribution in [0.5, 0.6) is 0 Å². The summed E-state index contributed by atoms with van der Waals surface area (Å²) < 4.78 is 6.54. The van der Waals surface area contributed by atoms with E-state index in [1.807, 2.05) is 36.5 Å². The van der Waals surface area contributed by atoms with Crippen LogP contribution in [-0.2, 0) is 0 Å². The molecular formula is C44H28N4O. The quantitative estimate of drug-likeness (QED) is 0.197. The number of benzene rings is 7. The first-order valence-electron chi connectivity index (χ1n) is 16.5. The van der Waals surface area contributed by atoms with Crippen molar-refractivity contribution in [2.45, 2.75) is 6.17 Å². The Bertz CT molecular complexity index is 2810. The van der Waals surface area contributed by atoms with Crippen molar-refractivity contribution in [3.8, 4) is 11.1 Å². The van der Waals surface area contributed by atoms with Crippen molar-refractivity contribution < 1.29 is 4.42 Å². The van der Waals surface area contributed by atoms with E-state index in [9.17, 15) is 0 Å². The first-order valence-corrected chi connectivity index (χ1v) is 16.5. The second kappa shape index (κ2) is 11.0. The fourth-order valence-electron chi connectivity index (χ4n) is 7.17. The number of rotatable bonds is 4. The third-order valence-electron chi connectivity index (χ3n) is 9.54. The lowest BCUT2D eigenvalue weighted by molar-refractivity contribution is 0.667. The van der Waals surface area contributed by atoms with Crippen LogP contribution in [0.1, 0.15) is 22.9 Å². The highest BCUT2D eigenvalue weighted by molar-refractivity contribution is 6.22. The molecular weight excluding hydrogens is 601 g/mol. The van der Waals surface area contributed by atoms with Crippen LogP contribution in [0.2, 0.25) is 0 Å². The number of aromatic nitrogens is 1. The van der Waals surface area contributed by atoms with Gasteiger partial charge in [0.1, 0.15) is 23.1 Å². The fraction of sp³-hybridized carbons (Fsp3) is 0.0227. The van der Waals surface area contributed by atoms with E-state index in [1.165, 1.54) is 26.9 Å². The topological polar surface area (TPSA) is 62.8 Å². The molecule has 10 rings (SSSR count). The highest BCUT2D eigenvalue weighted by Crippen LogP contribution is 2.38. The van der Waals surface area contributed by atoms with Gasteiger partial charge in [0.25, 0.3) is 0 Å².